The molecule has 0 saturated carbocycles. The molecule has 10 heteroatoms. The number of hydrogen-bond donors (Lipinski definition) is 2. The van der Waals surface area contributed by atoms with Gasteiger partial charge in [0.25, 0.3) is 0 Å². The monoisotopic (exact) mass is 1070 g/mol. The maximum atomic E-state index is 12.7. The maximum absolute atomic E-state index is 12.7. The second kappa shape index (κ2) is 59.9. The van der Waals surface area contributed by atoms with Crippen LogP contribution in [-0.4, -0.2) is 49.3 Å². The van der Waals surface area contributed by atoms with Crippen LogP contribution in [0.1, 0.15) is 258 Å². The molecule has 0 aliphatic heterocycles. The lowest BCUT2D eigenvalue weighted by Gasteiger charge is -2.19. The first-order chi connectivity index (χ1) is 36.8. The predicted octanol–water partition coefficient (Wildman–Crippen LogP) is 19.4. The van der Waals surface area contributed by atoms with Gasteiger partial charge in [0.05, 0.1) is 13.2 Å². The number of esters is 2. The van der Waals surface area contributed by atoms with Gasteiger partial charge >= 0.3 is 19.8 Å². The number of carbonyl (C=O) groups is 2. The third-order valence-electron chi connectivity index (χ3n) is 12.7. The average molecular weight is 1070 g/mol. The van der Waals surface area contributed by atoms with Crippen molar-refractivity contribution in [1.29, 1.82) is 0 Å². The third-order valence-corrected chi connectivity index (χ3v) is 13.6. The van der Waals surface area contributed by atoms with Crippen LogP contribution in [0.2, 0.25) is 0 Å². The number of hydrogen-bond acceptors (Lipinski definition) is 8. The molecule has 0 saturated heterocycles. The number of rotatable bonds is 56. The highest BCUT2D eigenvalue weighted by Crippen LogP contribution is 2.43. The molecule has 0 aliphatic carbocycles. The van der Waals surface area contributed by atoms with Crippen molar-refractivity contribution < 1.29 is 37.6 Å². The van der Waals surface area contributed by atoms with Gasteiger partial charge in [-0.05, 0) is 96.3 Å². The van der Waals surface area contributed by atoms with Crippen LogP contribution >= 0.6 is 7.82 Å². The molecule has 0 aliphatic rings. The van der Waals surface area contributed by atoms with E-state index in [9.17, 15) is 19.0 Å². The average Bonchev–Trinajstić information content (AvgIpc) is 3.40. The van der Waals surface area contributed by atoms with Crippen LogP contribution in [0.5, 0.6) is 0 Å². The summed E-state index contributed by atoms with van der Waals surface area (Å²) in [5.74, 6) is -0.845. The van der Waals surface area contributed by atoms with Crippen LogP contribution in [0.15, 0.2) is 109 Å². The normalized spacial score (nSPS) is 13.8. The number of allylic oxidation sites excluding steroid dienone is 18. The molecule has 0 heterocycles. The van der Waals surface area contributed by atoms with Gasteiger partial charge in [-0.25, -0.2) is 4.57 Å². The highest BCUT2D eigenvalue weighted by molar-refractivity contribution is 7.47. The first-order valence-electron chi connectivity index (χ1n) is 30.4. The fraction of sp³-hybridized carbons (Fsp3) is 0.692. The molecule has 9 nitrogen and oxygen atoms in total. The summed E-state index contributed by atoms with van der Waals surface area (Å²) in [5, 5.41) is 0. The van der Waals surface area contributed by atoms with E-state index < -0.39 is 32.5 Å². The van der Waals surface area contributed by atoms with Crippen molar-refractivity contribution in [2.24, 2.45) is 5.73 Å². The number of nitrogens with two attached hydrogens (primary N) is 1. The van der Waals surface area contributed by atoms with Crippen LogP contribution in [-0.2, 0) is 32.7 Å². The lowest BCUT2D eigenvalue weighted by molar-refractivity contribution is -0.161. The van der Waals surface area contributed by atoms with Crippen LogP contribution in [0.25, 0.3) is 0 Å². The Morgan fingerprint density at radius 1 is 0.400 bits per heavy atom. The summed E-state index contributed by atoms with van der Waals surface area (Å²) in [5.41, 5.74) is 5.38. The quantitative estimate of drug-likeness (QED) is 0.0264. The zero-order chi connectivity index (χ0) is 54.5. The fourth-order valence-electron chi connectivity index (χ4n) is 8.24. The molecule has 0 spiro atoms. The van der Waals surface area contributed by atoms with Gasteiger partial charge in [0.2, 0.25) is 0 Å². The molecule has 0 radical (unpaired) electrons. The minimum atomic E-state index is -4.39. The second-order valence-electron chi connectivity index (χ2n) is 19.8. The van der Waals surface area contributed by atoms with Gasteiger partial charge in [-0.1, -0.05) is 258 Å². The Kier molecular flexibility index (Phi) is 57.2. The summed E-state index contributed by atoms with van der Waals surface area (Å²) >= 11 is 0. The smallest absolute Gasteiger partial charge is 0.462 e. The lowest BCUT2D eigenvalue weighted by Crippen LogP contribution is -2.29. The highest BCUT2D eigenvalue weighted by Gasteiger charge is 2.26. The van der Waals surface area contributed by atoms with Gasteiger partial charge < -0.3 is 20.1 Å². The van der Waals surface area contributed by atoms with E-state index in [2.05, 4.69) is 123 Å². The minimum absolute atomic E-state index is 0.0479. The second-order valence-corrected chi connectivity index (χ2v) is 21.3. The SMILES string of the molecule is CC/C=C\C/C=C\C/C=C\C/C=C\C/C=C\C/C=C\CCCCCCCCCCCCCCCCCCCCCCC(=O)OC(COC(=O)CCCCCCC/C=C\C/C=C\C/C=C\CC)COP(=O)(O)OCCN. The molecule has 2 unspecified atom stereocenters. The maximum Gasteiger partial charge on any atom is 0.472 e. The van der Waals surface area contributed by atoms with E-state index in [4.69, 9.17) is 24.3 Å². The van der Waals surface area contributed by atoms with Crippen molar-refractivity contribution in [3.63, 3.8) is 0 Å². The summed E-state index contributed by atoms with van der Waals surface area (Å²) in [4.78, 5) is 35.1. The van der Waals surface area contributed by atoms with E-state index in [0.717, 1.165) is 109 Å². The van der Waals surface area contributed by atoms with E-state index >= 15 is 0 Å². The Bertz CT molecular complexity index is 1590. The van der Waals surface area contributed by atoms with Gasteiger partial charge in [0.15, 0.2) is 6.10 Å². The molecule has 0 aromatic heterocycles. The van der Waals surface area contributed by atoms with E-state index in [0.29, 0.717) is 12.8 Å². The summed E-state index contributed by atoms with van der Waals surface area (Å²) in [6.07, 6.45) is 81.7. The molecular formula is C65H112NO8P. The molecule has 0 amide bonds. The third kappa shape index (κ3) is 59.8. The molecule has 75 heavy (non-hydrogen) atoms. The van der Waals surface area contributed by atoms with Crippen molar-refractivity contribution in [1.82, 2.24) is 0 Å². The van der Waals surface area contributed by atoms with Crippen LogP contribution in [0.3, 0.4) is 0 Å². The summed E-state index contributed by atoms with van der Waals surface area (Å²) in [7, 11) is -4.39. The first kappa shape index (κ1) is 71.7. The van der Waals surface area contributed by atoms with Gasteiger partial charge in [-0.3, -0.25) is 18.6 Å². The minimum Gasteiger partial charge on any atom is -0.462 e. The van der Waals surface area contributed by atoms with Crippen molar-refractivity contribution in [2.45, 2.75) is 264 Å². The first-order valence-corrected chi connectivity index (χ1v) is 31.9. The van der Waals surface area contributed by atoms with Crippen LogP contribution in [0, 0.1) is 0 Å². The molecule has 0 bridgehead atoms. The summed E-state index contributed by atoms with van der Waals surface area (Å²) in [6.45, 7) is 3.50. The van der Waals surface area contributed by atoms with E-state index in [1.807, 2.05) is 0 Å². The standard InChI is InChI=1S/C65H112NO8P/c1-3-5-7-9-11-13-15-17-19-20-21-22-23-24-25-26-27-28-29-30-31-32-33-34-35-36-37-38-39-40-41-42-44-46-48-50-52-54-56-58-65(68)74-63(62-73-75(69,70)72-60-59-66)61-71-64(67)57-55-53-51-49-47-45-43-18-16-14-12-10-8-6-4-2/h5-8,11-14,17-19,21-22,24-25,27-28,43,63H,3-4,9-10,15-16,20,23,26,29-42,44-62,66H2,1-2H3,(H,69,70)/b7-5-,8-6-,13-11-,14-12-,19-17-,22-21-,25-24-,28-27-,43-18-. The zero-order valence-corrected chi connectivity index (χ0v) is 48.9. The zero-order valence-electron chi connectivity index (χ0n) is 48.0. The summed E-state index contributed by atoms with van der Waals surface area (Å²) < 4.78 is 33.0. The summed E-state index contributed by atoms with van der Waals surface area (Å²) in [6, 6.07) is 0. The molecular weight excluding hydrogens is 954 g/mol. The molecule has 0 rings (SSSR count). The Balaban J connectivity index is 3.84. The Labute approximate surface area is 460 Å². The van der Waals surface area contributed by atoms with Crippen molar-refractivity contribution in [3.05, 3.63) is 109 Å². The van der Waals surface area contributed by atoms with Gasteiger partial charge in [-0.2, -0.15) is 0 Å². The van der Waals surface area contributed by atoms with Gasteiger partial charge in [0, 0.05) is 19.4 Å². The molecule has 2 atom stereocenters. The number of unbranched alkanes of at least 4 members (excludes halogenated alkanes) is 25. The lowest BCUT2D eigenvalue weighted by atomic mass is 10.0. The topological polar surface area (TPSA) is 134 Å². The van der Waals surface area contributed by atoms with Crippen LogP contribution < -0.4 is 5.73 Å². The number of phosphoric acid groups is 1. The predicted molar refractivity (Wildman–Crippen MR) is 321 cm³/mol. The number of ether oxygens (including phenoxy) is 2. The Morgan fingerprint density at radius 2 is 0.693 bits per heavy atom. The van der Waals surface area contributed by atoms with Gasteiger partial charge in [0.1, 0.15) is 6.61 Å². The van der Waals surface area contributed by atoms with E-state index in [1.54, 1.807) is 0 Å². The highest BCUT2D eigenvalue weighted by atomic mass is 31.2. The van der Waals surface area contributed by atoms with Crippen LogP contribution in [0.4, 0.5) is 0 Å². The molecule has 0 aromatic rings. The fourth-order valence-corrected chi connectivity index (χ4v) is 9.01. The van der Waals surface area contributed by atoms with Crippen molar-refractivity contribution in [3.8, 4) is 0 Å². The molecule has 3 N–H and O–H groups in total. The molecule has 0 fully saturated rings. The molecule has 430 valence electrons. The van der Waals surface area contributed by atoms with Crippen molar-refractivity contribution in [2.75, 3.05) is 26.4 Å². The Morgan fingerprint density at radius 3 is 1.03 bits per heavy atom. The number of phosphoric ester groups is 1. The Hall–Kier alpha value is -3.33. The van der Waals surface area contributed by atoms with Gasteiger partial charge in [-0.15, -0.1) is 0 Å². The van der Waals surface area contributed by atoms with E-state index in [1.165, 1.54) is 109 Å². The van der Waals surface area contributed by atoms with Crippen molar-refractivity contribution >= 4 is 19.8 Å². The number of carbonyl (C=O) groups excluding carboxylic acids is 2. The molecule has 0 aromatic carbocycles. The largest absolute Gasteiger partial charge is 0.472 e. The van der Waals surface area contributed by atoms with E-state index in [-0.39, 0.29) is 32.6 Å².